The molecule has 2 heterocycles. The smallest absolute Gasteiger partial charge is 0.128 e. The van der Waals surface area contributed by atoms with Crippen LogP contribution in [0.5, 0.6) is 5.75 Å². The minimum Gasteiger partial charge on any atom is -0.496 e. The number of halogens is 1. The summed E-state index contributed by atoms with van der Waals surface area (Å²) in [6, 6.07) is 0. The van der Waals surface area contributed by atoms with Gasteiger partial charge in [0, 0.05) is 23.5 Å². The summed E-state index contributed by atoms with van der Waals surface area (Å²) in [5.74, 6) is 0.888. The molecule has 2 aromatic rings. The summed E-state index contributed by atoms with van der Waals surface area (Å²) in [6.45, 7) is 6.64. The highest BCUT2D eigenvalue weighted by molar-refractivity contribution is 6.31. The van der Waals surface area contributed by atoms with E-state index in [9.17, 15) is 0 Å². The Kier molecular flexibility index (Phi) is 4.10. The predicted octanol–water partition coefficient (Wildman–Crippen LogP) is 3.17. The first-order chi connectivity index (χ1) is 9.06. The Labute approximate surface area is 118 Å². The maximum atomic E-state index is 6.11. The van der Waals surface area contributed by atoms with Crippen molar-refractivity contribution < 1.29 is 4.74 Å². The second-order valence-corrected chi connectivity index (χ2v) is 4.93. The number of aromatic nitrogens is 3. The molecule has 19 heavy (non-hydrogen) atoms. The van der Waals surface area contributed by atoms with Crippen molar-refractivity contribution in [1.82, 2.24) is 14.8 Å². The first-order valence-electron chi connectivity index (χ1n) is 6.27. The van der Waals surface area contributed by atoms with Gasteiger partial charge in [-0.15, -0.1) is 0 Å². The standard InChI is InChI=1S/C14H18ClN3O/c1-5-12-11(15)7-18(17-12)8-13-10(3)14(19-4)9(2)6-16-13/h6-7H,5,8H2,1-4H3. The Morgan fingerprint density at radius 1 is 1.32 bits per heavy atom. The summed E-state index contributed by atoms with van der Waals surface area (Å²) in [6.07, 6.45) is 4.50. The lowest BCUT2D eigenvalue weighted by Crippen LogP contribution is -2.07. The summed E-state index contributed by atoms with van der Waals surface area (Å²) in [5, 5.41) is 5.15. The molecule has 0 saturated carbocycles. The van der Waals surface area contributed by atoms with Crippen molar-refractivity contribution in [3.8, 4) is 5.75 Å². The van der Waals surface area contributed by atoms with Crippen LogP contribution in [0.25, 0.3) is 0 Å². The molecule has 0 aromatic carbocycles. The van der Waals surface area contributed by atoms with Crippen molar-refractivity contribution in [1.29, 1.82) is 0 Å². The van der Waals surface area contributed by atoms with Gasteiger partial charge in [0.05, 0.1) is 30.1 Å². The van der Waals surface area contributed by atoms with Crippen molar-refractivity contribution in [3.05, 3.63) is 39.9 Å². The number of hydrogen-bond acceptors (Lipinski definition) is 3. The first-order valence-corrected chi connectivity index (χ1v) is 6.65. The van der Waals surface area contributed by atoms with Crippen LogP contribution in [0.15, 0.2) is 12.4 Å². The van der Waals surface area contributed by atoms with Gasteiger partial charge in [-0.05, 0) is 20.3 Å². The van der Waals surface area contributed by atoms with Crippen molar-refractivity contribution in [2.45, 2.75) is 33.7 Å². The van der Waals surface area contributed by atoms with E-state index in [1.54, 1.807) is 7.11 Å². The highest BCUT2D eigenvalue weighted by Crippen LogP contribution is 2.24. The number of nitrogens with zero attached hydrogens (tertiary/aromatic N) is 3. The summed E-state index contributed by atoms with van der Waals surface area (Å²) in [5.41, 5.74) is 3.95. The fraction of sp³-hybridized carbons (Fsp3) is 0.429. The number of rotatable bonds is 4. The fourth-order valence-corrected chi connectivity index (χ4v) is 2.43. The fourth-order valence-electron chi connectivity index (χ4n) is 2.14. The largest absolute Gasteiger partial charge is 0.496 e. The second-order valence-electron chi connectivity index (χ2n) is 4.52. The van der Waals surface area contributed by atoms with Gasteiger partial charge in [0.25, 0.3) is 0 Å². The molecule has 2 aromatic heterocycles. The van der Waals surface area contributed by atoms with Gasteiger partial charge in [0.2, 0.25) is 0 Å². The topological polar surface area (TPSA) is 39.9 Å². The van der Waals surface area contributed by atoms with Crippen LogP contribution in [0.1, 0.15) is 29.4 Å². The average Bonchev–Trinajstić information content (AvgIpc) is 2.74. The molecule has 0 aliphatic rings. The van der Waals surface area contributed by atoms with E-state index in [4.69, 9.17) is 16.3 Å². The molecule has 0 saturated heterocycles. The zero-order valence-corrected chi connectivity index (χ0v) is 12.5. The summed E-state index contributed by atoms with van der Waals surface area (Å²) in [4.78, 5) is 4.46. The van der Waals surface area contributed by atoms with Crippen LogP contribution < -0.4 is 4.74 Å². The number of pyridine rings is 1. The minimum atomic E-state index is 0.599. The quantitative estimate of drug-likeness (QED) is 0.863. The maximum absolute atomic E-state index is 6.11. The van der Waals surface area contributed by atoms with Gasteiger partial charge in [0.15, 0.2) is 0 Å². The van der Waals surface area contributed by atoms with Crippen LogP contribution in [0.2, 0.25) is 5.02 Å². The van der Waals surface area contributed by atoms with E-state index in [1.165, 1.54) is 0 Å². The normalized spacial score (nSPS) is 10.8. The van der Waals surface area contributed by atoms with Gasteiger partial charge in [-0.3, -0.25) is 9.67 Å². The molecule has 0 fully saturated rings. The Morgan fingerprint density at radius 3 is 2.63 bits per heavy atom. The Hall–Kier alpha value is -1.55. The molecule has 0 aliphatic carbocycles. The van der Waals surface area contributed by atoms with E-state index in [-0.39, 0.29) is 0 Å². The molecule has 0 unspecified atom stereocenters. The molecule has 102 valence electrons. The van der Waals surface area contributed by atoms with Crippen molar-refractivity contribution in [2.75, 3.05) is 7.11 Å². The lowest BCUT2D eigenvalue weighted by molar-refractivity contribution is 0.406. The summed E-state index contributed by atoms with van der Waals surface area (Å²) >= 11 is 6.11. The van der Waals surface area contributed by atoms with Gasteiger partial charge in [0.1, 0.15) is 5.75 Å². The third-order valence-corrected chi connectivity index (χ3v) is 3.50. The van der Waals surface area contributed by atoms with Crippen molar-refractivity contribution in [3.63, 3.8) is 0 Å². The number of methoxy groups -OCH3 is 1. The van der Waals surface area contributed by atoms with E-state index in [1.807, 2.05) is 37.8 Å². The van der Waals surface area contributed by atoms with Crippen LogP contribution in [-0.2, 0) is 13.0 Å². The van der Waals surface area contributed by atoms with Crippen LogP contribution in [0.3, 0.4) is 0 Å². The van der Waals surface area contributed by atoms with E-state index < -0.39 is 0 Å². The first kappa shape index (κ1) is 13.9. The molecule has 0 bridgehead atoms. The molecule has 4 nitrogen and oxygen atoms in total. The van der Waals surface area contributed by atoms with Crippen molar-refractivity contribution >= 4 is 11.6 Å². The third-order valence-electron chi connectivity index (χ3n) is 3.18. The monoisotopic (exact) mass is 279 g/mol. The number of ether oxygens (including phenoxy) is 1. The Bertz CT molecular complexity index is 593. The van der Waals surface area contributed by atoms with E-state index in [2.05, 4.69) is 10.1 Å². The van der Waals surface area contributed by atoms with Gasteiger partial charge >= 0.3 is 0 Å². The van der Waals surface area contributed by atoms with Gasteiger partial charge < -0.3 is 4.74 Å². The van der Waals surface area contributed by atoms with Gasteiger partial charge in [-0.2, -0.15) is 5.10 Å². The molecule has 0 aliphatic heterocycles. The van der Waals surface area contributed by atoms with Crippen LogP contribution in [-0.4, -0.2) is 21.9 Å². The molecule has 0 atom stereocenters. The Balaban J connectivity index is 2.33. The van der Waals surface area contributed by atoms with Crippen LogP contribution in [0.4, 0.5) is 0 Å². The Morgan fingerprint density at radius 2 is 2.05 bits per heavy atom. The summed E-state index contributed by atoms with van der Waals surface area (Å²) < 4.78 is 7.23. The SMILES string of the molecule is CCc1nn(Cc2ncc(C)c(OC)c2C)cc1Cl. The lowest BCUT2D eigenvalue weighted by Gasteiger charge is -2.12. The van der Waals surface area contributed by atoms with E-state index in [0.29, 0.717) is 11.6 Å². The molecule has 0 spiro atoms. The zero-order chi connectivity index (χ0) is 14.0. The van der Waals surface area contributed by atoms with Crippen molar-refractivity contribution in [2.24, 2.45) is 0 Å². The molecule has 0 N–H and O–H groups in total. The molecule has 2 rings (SSSR count). The lowest BCUT2D eigenvalue weighted by atomic mass is 10.1. The highest BCUT2D eigenvalue weighted by Gasteiger charge is 2.11. The molecular formula is C14H18ClN3O. The zero-order valence-electron chi connectivity index (χ0n) is 11.7. The van der Waals surface area contributed by atoms with Crippen LogP contribution >= 0.6 is 11.6 Å². The molecular weight excluding hydrogens is 262 g/mol. The third kappa shape index (κ3) is 2.73. The van der Waals surface area contributed by atoms with Crippen LogP contribution in [0, 0.1) is 13.8 Å². The maximum Gasteiger partial charge on any atom is 0.128 e. The highest BCUT2D eigenvalue weighted by atomic mass is 35.5. The molecule has 0 radical (unpaired) electrons. The van der Waals surface area contributed by atoms with Gasteiger partial charge in [-0.1, -0.05) is 18.5 Å². The second kappa shape index (κ2) is 5.61. The molecule has 0 amide bonds. The molecule has 5 heteroatoms. The average molecular weight is 280 g/mol. The predicted molar refractivity (Wildman–Crippen MR) is 76.0 cm³/mol. The van der Waals surface area contributed by atoms with E-state index in [0.717, 1.165) is 34.7 Å². The van der Waals surface area contributed by atoms with E-state index >= 15 is 0 Å². The summed E-state index contributed by atoms with van der Waals surface area (Å²) in [7, 11) is 1.68. The minimum absolute atomic E-state index is 0.599. The number of aryl methyl sites for hydroxylation is 2. The number of hydrogen-bond donors (Lipinski definition) is 0. The van der Waals surface area contributed by atoms with Gasteiger partial charge in [-0.25, -0.2) is 0 Å².